The Morgan fingerprint density at radius 3 is 1.47 bits per heavy atom. The van der Waals surface area contributed by atoms with Gasteiger partial charge >= 0.3 is 16.4 Å². The molecule has 0 rings (SSSR count). The minimum absolute atomic E-state index is 0.182. The molecule has 0 unspecified atom stereocenters. The van der Waals surface area contributed by atoms with Gasteiger partial charge in [-0.25, -0.2) is 4.18 Å². The molecule has 7 nitrogen and oxygen atoms in total. The summed E-state index contributed by atoms with van der Waals surface area (Å²) in [6.07, 6.45) is 18.3. The zero-order valence-electron chi connectivity index (χ0n) is 18.7. The Balaban J connectivity index is 3.20. The summed E-state index contributed by atoms with van der Waals surface area (Å²) in [5, 5.41) is 0. The van der Waals surface area contributed by atoms with Crippen molar-refractivity contribution in [2.24, 2.45) is 0 Å². The van der Waals surface area contributed by atoms with Gasteiger partial charge in [-0.15, -0.1) is 0 Å². The number of unbranched alkanes of at least 4 members (excludes halogenated alkanes) is 13. The Kier molecular flexibility index (Phi) is 19.3. The summed E-state index contributed by atoms with van der Waals surface area (Å²) in [5.74, 6) is 0.0166. The lowest BCUT2D eigenvalue weighted by molar-refractivity contribution is -0.144. The lowest BCUT2D eigenvalue weighted by atomic mass is 10.0. The van der Waals surface area contributed by atoms with Crippen molar-refractivity contribution < 1.29 is 31.5 Å². The SMILES string of the molecule is CCC(=O)CCCCCCCCCCCCCCCCC(=O)OCCOS(=O)(=O)O. The van der Waals surface area contributed by atoms with E-state index in [0.717, 1.165) is 32.1 Å². The molecule has 0 atom stereocenters. The van der Waals surface area contributed by atoms with Gasteiger partial charge in [0, 0.05) is 19.3 Å². The molecule has 0 saturated heterocycles. The van der Waals surface area contributed by atoms with Crippen LogP contribution < -0.4 is 0 Å². The van der Waals surface area contributed by atoms with Gasteiger partial charge in [0.15, 0.2) is 0 Å². The minimum atomic E-state index is -4.47. The summed E-state index contributed by atoms with van der Waals surface area (Å²) < 4.78 is 37.9. The van der Waals surface area contributed by atoms with Gasteiger partial charge in [0.1, 0.15) is 19.0 Å². The lowest BCUT2D eigenvalue weighted by Gasteiger charge is -2.05. The van der Waals surface area contributed by atoms with E-state index >= 15 is 0 Å². The van der Waals surface area contributed by atoms with E-state index in [9.17, 15) is 18.0 Å². The van der Waals surface area contributed by atoms with Crippen LogP contribution in [0.2, 0.25) is 0 Å². The van der Waals surface area contributed by atoms with Crippen molar-refractivity contribution >= 4 is 22.2 Å². The van der Waals surface area contributed by atoms with Gasteiger partial charge in [-0.3, -0.25) is 14.1 Å². The lowest BCUT2D eigenvalue weighted by Crippen LogP contribution is -2.13. The van der Waals surface area contributed by atoms with E-state index in [1.165, 1.54) is 64.2 Å². The molecule has 0 aromatic heterocycles. The number of carbonyl (C=O) groups excluding carboxylic acids is 2. The van der Waals surface area contributed by atoms with Gasteiger partial charge in [0.25, 0.3) is 0 Å². The third-order valence-corrected chi connectivity index (χ3v) is 5.52. The van der Waals surface area contributed by atoms with Crippen LogP contribution in [0.3, 0.4) is 0 Å². The van der Waals surface area contributed by atoms with E-state index < -0.39 is 10.4 Å². The summed E-state index contributed by atoms with van der Waals surface area (Å²) >= 11 is 0. The second-order valence-electron chi connectivity index (χ2n) is 7.81. The van der Waals surface area contributed by atoms with Crippen molar-refractivity contribution in [3.8, 4) is 0 Å². The highest BCUT2D eigenvalue weighted by molar-refractivity contribution is 7.80. The van der Waals surface area contributed by atoms with Crippen LogP contribution in [0, 0.1) is 0 Å². The molecule has 0 aromatic rings. The number of ether oxygens (including phenoxy) is 1. The van der Waals surface area contributed by atoms with Crippen LogP contribution in [-0.4, -0.2) is 37.9 Å². The predicted molar refractivity (Wildman–Crippen MR) is 118 cm³/mol. The number of hydrogen-bond donors (Lipinski definition) is 1. The molecule has 30 heavy (non-hydrogen) atoms. The summed E-state index contributed by atoms with van der Waals surface area (Å²) in [6, 6.07) is 0. The van der Waals surface area contributed by atoms with Crippen LogP contribution in [-0.2, 0) is 28.9 Å². The molecule has 0 aromatic carbocycles. The Bertz CT molecular complexity index is 532. The maximum atomic E-state index is 11.4. The molecular formula is C22H42O7S. The quantitative estimate of drug-likeness (QED) is 0.130. The highest BCUT2D eigenvalue weighted by atomic mass is 32.3. The zero-order chi connectivity index (χ0) is 22.5. The monoisotopic (exact) mass is 450 g/mol. The molecule has 0 amide bonds. The second kappa shape index (κ2) is 19.9. The van der Waals surface area contributed by atoms with E-state index in [1.807, 2.05) is 6.92 Å². The van der Waals surface area contributed by atoms with Gasteiger partial charge in [-0.1, -0.05) is 84.0 Å². The zero-order valence-corrected chi connectivity index (χ0v) is 19.6. The average molecular weight is 451 g/mol. The molecule has 0 aliphatic carbocycles. The van der Waals surface area contributed by atoms with Crippen molar-refractivity contribution in [1.29, 1.82) is 0 Å². The molecular weight excluding hydrogens is 408 g/mol. The van der Waals surface area contributed by atoms with Gasteiger partial charge in [0.2, 0.25) is 0 Å². The van der Waals surface area contributed by atoms with Gasteiger partial charge in [-0.05, 0) is 12.8 Å². The molecule has 0 aliphatic heterocycles. The summed E-state index contributed by atoms with van der Waals surface area (Å²) in [4.78, 5) is 22.6. The highest BCUT2D eigenvalue weighted by Gasteiger charge is 2.06. The van der Waals surface area contributed by atoms with Crippen molar-refractivity contribution in [1.82, 2.24) is 0 Å². The third-order valence-electron chi connectivity index (χ3n) is 5.06. The van der Waals surface area contributed by atoms with Crippen molar-refractivity contribution in [3.05, 3.63) is 0 Å². The summed E-state index contributed by atoms with van der Waals surface area (Å²) in [6.45, 7) is 1.38. The van der Waals surface area contributed by atoms with Crippen molar-refractivity contribution in [2.75, 3.05) is 13.2 Å². The van der Waals surface area contributed by atoms with Gasteiger partial charge in [-0.2, -0.15) is 8.42 Å². The molecule has 0 saturated carbocycles. The topological polar surface area (TPSA) is 107 Å². The van der Waals surface area contributed by atoms with Crippen LogP contribution in [0.15, 0.2) is 0 Å². The van der Waals surface area contributed by atoms with Crippen LogP contribution >= 0.6 is 0 Å². The highest BCUT2D eigenvalue weighted by Crippen LogP contribution is 2.14. The Labute approximate surface area is 183 Å². The van der Waals surface area contributed by atoms with Gasteiger partial charge < -0.3 is 4.74 Å². The Hall–Kier alpha value is -0.990. The second-order valence-corrected chi connectivity index (χ2v) is 8.90. The third kappa shape index (κ3) is 23.3. The molecule has 0 aliphatic rings. The van der Waals surface area contributed by atoms with Gasteiger partial charge in [0.05, 0.1) is 0 Å². The Morgan fingerprint density at radius 2 is 1.07 bits per heavy atom. The molecule has 0 spiro atoms. The fraction of sp³-hybridized carbons (Fsp3) is 0.909. The average Bonchev–Trinajstić information content (AvgIpc) is 2.69. The Morgan fingerprint density at radius 1 is 0.667 bits per heavy atom. The fourth-order valence-corrected chi connectivity index (χ4v) is 3.54. The van der Waals surface area contributed by atoms with E-state index in [4.69, 9.17) is 9.29 Å². The predicted octanol–water partition coefficient (Wildman–Crippen LogP) is 5.57. The van der Waals surface area contributed by atoms with Crippen LogP contribution in [0.25, 0.3) is 0 Å². The summed E-state index contributed by atoms with van der Waals surface area (Å²) in [7, 11) is -4.47. The minimum Gasteiger partial charge on any atom is -0.463 e. The summed E-state index contributed by atoms with van der Waals surface area (Å²) in [5.41, 5.74) is 0. The van der Waals surface area contributed by atoms with E-state index in [1.54, 1.807) is 0 Å². The first-order chi connectivity index (χ1) is 14.3. The molecule has 0 radical (unpaired) electrons. The van der Waals surface area contributed by atoms with Crippen LogP contribution in [0.5, 0.6) is 0 Å². The standard InChI is InChI=1S/C22H42O7S/c1-2-21(23)17-15-13-11-9-7-5-3-4-6-8-10-12-14-16-18-22(24)28-19-20-29-30(25,26)27/h2-20H2,1H3,(H,25,26,27). The van der Waals surface area contributed by atoms with E-state index in [0.29, 0.717) is 18.6 Å². The molecule has 0 fully saturated rings. The molecule has 0 heterocycles. The number of esters is 1. The maximum Gasteiger partial charge on any atom is 0.397 e. The number of rotatable bonds is 22. The first-order valence-corrected chi connectivity index (χ1v) is 13.0. The first-order valence-electron chi connectivity index (χ1n) is 11.6. The molecule has 178 valence electrons. The van der Waals surface area contributed by atoms with Crippen LogP contribution in [0.1, 0.15) is 116 Å². The number of Topliss-reactive ketones (excluding diaryl/α,β-unsaturated/α-hetero) is 1. The van der Waals surface area contributed by atoms with E-state index in [2.05, 4.69) is 4.18 Å². The first kappa shape index (κ1) is 29.0. The van der Waals surface area contributed by atoms with Crippen LogP contribution in [0.4, 0.5) is 0 Å². The maximum absolute atomic E-state index is 11.4. The molecule has 0 bridgehead atoms. The van der Waals surface area contributed by atoms with Crippen molar-refractivity contribution in [2.45, 2.75) is 116 Å². The number of carbonyl (C=O) groups is 2. The smallest absolute Gasteiger partial charge is 0.397 e. The normalized spacial score (nSPS) is 11.5. The number of ketones is 1. The largest absolute Gasteiger partial charge is 0.463 e. The van der Waals surface area contributed by atoms with E-state index in [-0.39, 0.29) is 19.2 Å². The number of hydrogen-bond acceptors (Lipinski definition) is 6. The molecule has 1 N–H and O–H groups in total. The van der Waals surface area contributed by atoms with Crippen molar-refractivity contribution in [3.63, 3.8) is 0 Å². The molecule has 8 heteroatoms. The fourth-order valence-electron chi connectivity index (χ4n) is 3.26.